The highest BCUT2D eigenvalue weighted by molar-refractivity contribution is 5.93. The molecule has 4 heterocycles. The van der Waals surface area contributed by atoms with E-state index in [2.05, 4.69) is 5.10 Å². The lowest BCUT2D eigenvalue weighted by atomic mass is 10.1. The van der Waals surface area contributed by atoms with Gasteiger partial charge in [-0.25, -0.2) is 4.79 Å². The van der Waals surface area contributed by atoms with Gasteiger partial charge in [-0.1, -0.05) is 12.1 Å². The van der Waals surface area contributed by atoms with Gasteiger partial charge in [-0.05, 0) is 12.1 Å². The molecule has 2 aromatic rings. The molecular formula is C19H21N5O4. The molecule has 9 heteroatoms. The molecule has 0 aliphatic carbocycles. The summed E-state index contributed by atoms with van der Waals surface area (Å²) in [4.78, 5) is 30.0. The Labute approximate surface area is 162 Å². The Balaban J connectivity index is 1.19. The maximum atomic E-state index is 12.7. The highest BCUT2D eigenvalue weighted by Gasteiger charge is 2.39. The molecule has 0 N–H and O–H groups in total. The number of anilines is 1. The number of rotatable bonds is 3. The highest BCUT2D eigenvalue weighted by atomic mass is 16.6. The molecule has 146 valence electrons. The van der Waals surface area contributed by atoms with E-state index in [-0.39, 0.29) is 24.6 Å². The Morgan fingerprint density at radius 3 is 2.71 bits per heavy atom. The summed E-state index contributed by atoms with van der Waals surface area (Å²) in [6, 6.07) is 7.44. The minimum Gasteiger partial charge on any atom is -0.485 e. The van der Waals surface area contributed by atoms with Crippen LogP contribution in [0.1, 0.15) is 6.04 Å². The number of aromatic nitrogens is 2. The van der Waals surface area contributed by atoms with Crippen LogP contribution < -0.4 is 14.4 Å². The van der Waals surface area contributed by atoms with Crippen molar-refractivity contribution in [2.75, 3.05) is 44.7 Å². The standard InChI is InChI=1S/C19H21N5O4/c1-21-6-7-23(19(21)26)13-8-20-24(11-13)14-9-22(10-14)18(25)17-12-27-15-4-2-3-5-16(15)28-17/h2-5,8,11,14,17H,6-7,9-10,12H2,1H3. The van der Waals surface area contributed by atoms with Crippen LogP contribution >= 0.6 is 0 Å². The summed E-state index contributed by atoms with van der Waals surface area (Å²) in [5.41, 5.74) is 0.791. The summed E-state index contributed by atoms with van der Waals surface area (Å²) in [5, 5.41) is 4.39. The van der Waals surface area contributed by atoms with E-state index in [1.54, 1.807) is 34.0 Å². The minimum atomic E-state index is -0.623. The number of urea groups is 1. The van der Waals surface area contributed by atoms with Crippen molar-refractivity contribution in [2.45, 2.75) is 12.1 Å². The average molecular weight is 383 g/mol. The molecule has 2 saturated heterocycles. The molecule has 0 spiro atoms. The van der Waals surface area contributed by atoms with Crippen LogP contribution in [0.5, 0.6) is 11.5 Å². The van der Waals surface area contributed by atoms with E-state index in [9.17, 15) is 9.59 Å². The smallest absolute Gasteiger partial charge is 0.324 e. The zero-order valence-electron chi connectivity index (χ0n) is 15.5. The van der Waals surface area contributed by atoms with Crippen molar-refractivity contribution >= 4 is 17.6 Å². The van der Waals surface area contributed by atoms with Gasteiger partial charge in [0.05, 0.1) is 17.9 Å². The predicted molar refractivity (Wildman–Crippen MR) is 99.6 cm³/mol. The van der Waals surface area contributed by atoms with Gasteiger partial charge >= 0.3 is 6.03 Å². The van der Waals surface area contributed by atoms with E-state index in [0.29, 0.717) is 37.7 Å². The largest absolute Gasteiger partial charge is 0.485 e. The Morgan fingerprint density at radius 2 is 1.96 bits per heavy atom. The number of carbonyl (C=O) groups excluding carboxylic acids is 2. The number of carbonyl (C=O) groups is 2. The number of para-hydroxylation sites is 2. The van der Waals surface area contributed by atoms with Gasteiger partial charge in [-0.3, -0.25) is 14.4 Å². The van der Waals surface area contributed by atoms with Gasteiger partial charge in [-0.2, -0.15) is 5.10 Å². The van der Waals surface area contributed by atoms with Crippen molar-refractivity contribution in [1.82, 2.24) is 19.6 Å². The number of nitrogens with zero attached hydrogens (tertiary/aromatic N) is 5. The van der Waals surface area contributed by atoms with Crippen LogP contribution in [-0.4, -0.2) is 77.5 Å². The molecule has 3 aliphatic heterocycles. The first kappa shape index (κ1) is 16.9. The maximum Gasteiger partial charge on any atom is 0.324 e. The Bertz CT molecular complexity index is 923. The fourth-order valence-corrected chi connectivity index (χ4v) is 3.70. The molecule has 0 bridgehead atoms. The molecule has 1 unspecified atom stereocenters. The molecule has 3 amide bonds. The fraction of sp³-hybridized carbons (Fsp3) is 0.421. The van der Waals surface area contributed by atoms with E-state index in [0.717, 1.165) is 5.69 Å². The molecule has 1 aromatic carbocycles. The summed E-state index contributed by atoms with van der Waals surface area (Å²) < 4.78 is 13.3. The number of benzene rings is 1. The molecule has 1 atom stereocenters. The van der Waals surface area contributed by atoms with E-state index in [1.165, 1.54) is 0 Å². The first-order valence-electron chi connectivity index (χ1n) is 9.34. The summed E-state index contributed by atoms with van der Waals surface area (Å²) in [7, 11) is 1.79. The molecular weight excluding hydrogens is 362 g/mol. The summed E-state index contributed by atoms with van der Waals surface area (Å²) in [6.07, 6.45) is 2.96. The summed E-state index contributed by atoms with van der Waals surface area (Å²) in [6.45, 7) is 2.72. The van der Waals surface area contributed by atoms with Crippen LogP contribution in [0.3, 0.4) is 0 Å². The molecule has 1 aromatic heterocycles. The molecule has 5 rings (SSSR count). The molecule has 0 saturated carbocycles. The fourth-order valence-electron chi connectivity index (χ4n) is 3.70. The van der Waals surface area contributed by atoms with Crippen LogP contribution in [0.2, 0.25) is 0 Å². The zero-order valence-corrected chi connectivity index (χ0v) is 15.5. The van der Waals surface area contributed by atoms with Crippen molar-refractivity contribution in [3.05, 3.63) is 36.7 Å². The third-order valence-electron chi connectivity index (χ3n) is 5.45. The van der Waals surface area contributed by atoms with Crippen molar-refractivity contribution in [2.24, 2.45) is 0 Å². The molecule has 9 nitrogen and oxygen atoms in total. The normalized spacial score (nSPS) is 21.8. The second-order valence-corrected chi connectivity index (χ2v) is 7.30. The van der Waals surface area contributed by atoms with Gasteiger partial charge in [0.1, 0.15) is 6.61 Å². The first-order chi connectivity index (χ1) is 13.6. The third kappa shape index (κ3) is 2.74. The van der Waals surface area contributed by atoms with Gasteiger partial charge < -0.3 is 19.3 Å². The second kappa shape index (κ2) is 6.43. The SMILES string of the molecule is CN1CCN(c2cnn(C3CN(C(=O)C4COc5ccccc5O4)C3)c2)C1=O. The first-order valence-corrected chi connectivity index (χ1v) is 9.34. The van der Waals surface area contributed by atoms with E-state index >= 15 is 0 Å². The summed E-state index contributed by atoms with van der Waals surface area (Å²) >= 11 is 0. The number of likely N-dealkylation sites (N-methyl/N-ethyl adjacent to an activating group) is 1. The Kier molecular flexibility index (Phi) is 3.88. The monoisotopic (exact) mass is 383 g/mol. The highest BCUT2D eigenvalue weighted by Crippen LogP contribution is 2.32. The third-order valence-corrected chi connectivity index (χ3v) is 5.45. The van der Waals surface area contributed by atoms with Gasteiger partial charge in [0, 0.05) is 39.4 Å². The molecule has 0 radical (unpaired) electrons. The van der Waals surface area contributed by atoms with Crippen LogP contribution in [-0.2, 0) is 4.79 Å². The number of amides is 3. The van der Waals surface area contributed by atoms with E-state index in [4.69, 9.17) is 9.47 Å². The van der Waals surface area contributed by atoms with Crippen LogP contribution in [0.4, 0.5) is 10.5 Å². The molecule has 28 heavy (non-hydrogen) atoms. The number of fused-ring (bicyclic) bond motifs is 1. The quantitative estimate of drug-likeness (QED) is 0.789. The van der Waals surface area contributed by atoms with Crippen LogP contribution in [0, 0.1) is 0 Å². The minimum absolute atomic E-state index is 0.0142. The number of hydrogen-bond donors (Lipinski definition) is 0. The lowest BCUT2D eigenvalue weighted by molar-refractivity contribution is -0.147. The number of hydrogen-bond acceptors (Lipinski definition) is 5. The van der Waals surface area contributed by atoms with Crippen molar-refractivity contribution in [3.8, 4) is 11.5 Å². The Morgan fingerprint density at radius 1 is 1.18 bits per heavy atom. The lowest BCUT2D eigenvalue weighted by Crippen LogP contribution is -2.56. The Hall–Kier alpha value is -3.23. The lowest BCUT2D eigenvalue weighted by Gasteiger charge is -2.41. The average Bonchev–Trinajstić information content (AvgIpc) is 3.27. The number of likely N-dealkylation sites (tertiary alicyclic amines) is 1. The zero-order chi connectivity index (χ0) is 19.3. The molecule has 3 aliphatic rings. The van der Waals surface area contributed by atoms with Gasteiger partial charge in [0.2, 0.25) is 6.10 Å². The van der Waals surface area contributed by atoms with Crippen LogP contribution in [0.15, 0.2) is 36.7 Å². The summed E-state index contributed by atoms with van der Waals surface area (Å²) in [5.74, 6) is 1.19. The van der Waals surface area contributed by atoms with E-state index in [1.807, 2.05) is 29.1 Å². The van der Waals surface area contributed by atoms with Crippen molar-refractivity contribution < 1.29 is 19.1 Å². The van der Waals surface area contributed by atoms with Crippen LogP contribution in [0.25, 0.3) is 0 Å². The second-order valence-electron chi connectivity index (χ2n) is 7.30. The van der Waals surface area contributed by atoms with Gasteiger partial charge in [0.15, 0.2) is 11.5 Å². The molecule has 2 fully saturated rings. The predicted octanol–water partition coefficient (Wildman–Crippen LogP) is 0.978. The van der Waals surface area contributed by atoms with Crippen molar-refractivity contribution in [1.29, 1.82) is 0 Å². The van der Waals surface area contributed by atoms with Crippen molar-refractivity contribution in [3.63, 3.8) is 0 Å². The van der Waals surface area contributed by atoms with E-state index < -0.39 is 6.10 Å². The van der Waals surface area contributed by atoms with Gasteiger partial charge in [-0.15, -0.1) is 0 Å². The topological polar surface area (TPSA) is 80.1 Å². The number of ether oxygens (including phenoxy) is 2. The van der Waals surface area contributed by atoms with Gasteiger partial charge in [0.25, 0.3) is 5.91 Å². The maximum absolute atomic E-state index is 12.7.